The molecule has 0 spiro atoms. The summed E-state index contributed by atoms with van der Waals surface area (Å²) >= 11 is 0. The van der Waals surface area contributed by atoms with Gasteiger partial charge in [0.25, 0.3) is 0 Å². The number of nitrogens with zero attached hydrogens (tertiary/aromatic N) is 2. The van der Waals surface area contributed by atoms with Crippen LogP contribution in [0.25, 0.3) is 10.8 Å². The minimum atomic E-state index is 0.188. The number of fused-ring (bicyclic) bond motifs is 1. The number of pyridine rings is 1. The third kappa shape index (κ3) is 2.71. The zero-order valence-corrected chi connectivity index (χ0v) is 12.4. The smallest absolute Gasteiger partial charge is 0.148 e. The molecule has 3 rings (SSSR count). The van der Waals surface area contributed by atoms with Gasteiger partial charge < -0.3 is 5.11 Å². The minimum Gasteiger partial charge on any atom is -0.505 e. The lowest BCUT2D eigenvalue weighted by molar-refractivity contribution is 0.357. The molecule has 0 aliphatic heterocycles. The Morgan fingerprint density at radius 2 is 2.00 bits per heavy atom. The number of aryl methyl sites for hydroxylation is 1. The molecule has 0 bridgehead atoms. The highest BCUT2D eigenvalue weighted by Gasteiger charge is 2.16. The van der Waals surface area contributed by atoms with Crippen LogP contribution in [0.4, 0.5) is 0 Å². The maximum atomic E-state index is 10.1. The fourth-order valence-corrected chi connectivity index (χ4v) is 3.41. The zero-order chi connectivity index (χ0) is 14.8. The van der Waals surface area contributed by atoms with Gasteiger partial charge in [0.15, 0.2) is 0 Å². The molecule has 2 aromatic rings. The molecule has 1 aromatic carbocycles. The van der Waals surface area contributed by atoms with Gasteiger partial charge in [0.1, 0.15) is 17.5 Å². The van der Waals surface area contributed by atoms with Crippen molar-refractivity contribution >= 4 is 10.8 Å². The van der Waals surface area contributed by atoms with Gasteiger partial charge in [-0.15, -0.1) is 0 Å². The Hall–Kier alpha value is -2.08. The third-order valence-electron chi connectivity index (χ3n) is 4.57. The van der Waals surface area contributed by atoms with Crippen molar-refractivity contribution in [1.29, 1.82) is 5.26 Å². The summed E-state index contributed by atoms with van der Waals surface area (Å²) in [5, 5.41) is 20.9. The first-order valence-corrected chi connectivity index (χ1v) is 7.71. The number of rotatable bonds is 2. The molecule has 21 heavy (non-hydrogen) atoms. The summed E-state index contributed by atoms with van der Waals surface area (Å²) in [4.78, 5) is 4.20. The monoisotopic (exact) mass is 280 g/mol. The molecule has 0 radical (unpaired) electrons. The van der Waals surface area contributed by atoms with Crippen LogP contribution in [0.2, 0.25) is 0 Å². The van der Waals surface area contributed by atoms with Crippen molar-refractivity contribution in [3.63, 3.8) is 0 Å². The molecule has 0 atom stereocenters. The second-order valence-electron chi connectivity index (χ2n) is 6.09. The summed E-state index contributed by atoms with van der Waals surface area (Å²) in [5.41, 5.74) is 2.17. The van der Waals surface area contributed by atoms with E-state index < -0.39 is 0 Å². The van der Waals surface area contributed by atoms with Crippen LogP contribution < -0.4 is 0 Å². The standard InChI is InChI=1S/C18H20N2O/c1-12-18(21)15-8-7-14(9-13-5-3-2-4-6-13)10-16(15)17(11-19)20-12/h7-8,10,13,21H,2-6,9H2,1H3. The van der Waals surface area contributed by atoms with Crippen molar-refractivity contribution in [1.82, 2.24) is 4.98 Å². The highest BCUT2D eigenvalue weighted by atomic mass is 16.3. The van der Waals surface area contributed by atoms with Crippen LogP contribution in [0.5, 0.6) is 5.75 Å². The van der Waals surface area contributed by atoms with E-state index in [0.29, 0.717) is 11.4 Å². The molecule has 0 saturated heterocycles. The van der Waals surface area contributed by atoms with Gasteiger partial charge in [-0.2, -0.15) is 5.26 Å². The van der Waals surface area contributed by atoms with Crippen molar-refractivity contribution in [3.8, 4) is 11.8 Å². The zero-order valence-electron chi connectivity index (χ0n) is 12.4. The van der Waals surface area contributed by atoms with Crippen molar-refractivity contribution in [3.05, 3.63) is 35.2 Å². The normalized spacial score (nSPS) is 16.0. The van der Waals surface area contributed by atoms with Gasteiger partial charge in [0.2, 0.25) is 0 Å². The Kier molecular flexibility index (Phi) is 3.79. The fraction of sp³-hybridized carbons (Fsp3) is 0.444. The van der Waals surface area contributed by atoms with Gasteiger partial charge in [-0.05, 0) is 30.9 Å². The first-order chi connectivity index (χ1) is 10.2. The number of nitriles is 1. The van der Waals surface area contributed by atoms with Gasteiger partial charge in [0, 0.05) is 10.8 Å². The van der Waals surface area contributed by atoms with E-state index in [9.17, 15) is 10.4 Å². The quantitative estimate of drug-likeness (QED) is 0.895. The van der Waals surface area contributed by atoms with E-state index in [4.69, 9.17) is 0 Å². The fourth-order valence-electron chi connectivity index (χ4n) is 3.41. The second-order valence-corrected chi connectivity index (χ2v) is 6.09. The van der Waals surface area contributed by atoms with Gasteiger partial charge in [-0.25, -0.2) is 4.98 Å². The van der Waals surface area contributed by atoms with E-state index >= 15 is 0 Å². The van der Waals surface area contributed by atoms with Crippen LogP contribution in [-0.2, 0) is 6.42 Å². The van der Waals surface area contributed by atoms with E-state index in [0.717, 1.165) is 23.1 Å². The second kappa shape index (κ2) is 5.73. The van der Waals surface area contributed by atoms with Crippen molar-refractivity contribution in [2.24, 2.45) is 5.92 Å². The first kappa shape index (κ1) is 13.9. The molecule has 0 unspecified atom stereocenters. The number of benzene rings is 1. The average Bonchev–Trinajstić information content (AvgIpc) is 2.52. The largest absolute Gasteiger partial charge is 0.505 e. The van der Waals surface area contributed by atoms with Crippen LogP contribution in [0.3, 0.4) is 0 Å². The molecule has 1 heterocycles. The third-order valence-corrected chi connectivity index (χ3v) is 4.57. The van der Waals surface area contributed by atoms with E-state index in [1.807, 2.05) is 12.1 Å². The Bertz CT molecular complexity index is 709. The summed E-state index contributed by atoms with van der Waals surface area (Å²) in [6, 6.07) is 8.19. The van der Waals surface area contributed by atoms with Gasteiger partial charge in [-0.3, -0.25) is 0 Å². The minimum absolute atomic E-state index is 0.188. The van der Waals surface area contributed by atoms with E-state index in [1.54, 1.807) is 6.92 Å². The summed E-state index contributed by atoms with van der Waals surface area (Å²) in [6.45, 7) is 1.73. The van der Waals surface area contributed by atoms with Gasteiger partial charge in [0.05, 0.1) is 5.69 Å². The molecular formula is C18H20N2O. The molecule has 1 fully saturated rings. The highest BCUT2D eigenvalue weighted by molar-refractivity contribution is 5.92. The van der Waals surface area contributed by atoms with Crippen LogP contribution in [0, 0.1) is 24.2 Å². The van der Waals surface area contributed by atoms with Crippen LogP contribution >= 0.6 is 0 Å². The predicted octanol–water partition coefficient (Wildman–Crippen LogP) is 4.24. The maximum Gasteiger partial charge on any atom is 0.148 e. The number of aromatic nitrogens is 1. The molecule has 1 aromatic heterocycles. The number of hydrogen-bond donors (Lipinski definition) is 1. The molecular weight excluding hydrogens is 260 g/mol. The summed E-state index contributed by atoms with van der Waals surface area (Å²) in [5.74, 6) is 0.946. The Morgan fingerprint density at radius 1 is 1.24 bits per heavy atom. The van der Waals surface area contributed by atoms with E-state index in [2.05, 4.69) is 17.1 Å². The van der Waals surface area contributed by atoms with E-state index in [-0.39, 0.29) is 5.75 Å². The maximum absolute atomic E-state index is 10.1. The molecule has 1 saturated carbocycles. The lowest BCUT2D eigenvalue weighted by Gasteiger charge is -2.21. The molecule has 3 nitrogen and oxygen atoms in total. The number of hydrogen-bond acceptors (Lipinski definition) is 3. The molecule has 0 amide bonds. The van der Waals surface area contributed by atoms with Crippen LogP contribution in [0.1, 0.15) is 49.1 Å². The number of aromatic hydroxyl groups is 1. The Morgan fingerprint density at radius 3 is 2.71 bits per heavy atom. The van der Waals surface area contributed by atoms with E-state index in [1.165, 1.54) is 37.7 Å². The predicted molar refractivity (Wildman–Crippen MR) is 83.1 cm³/mol. The first-order valence-electron chi connectivity index (χ1n) is 7.71. The highest BCUT2D eigenvalue weighted by Crippen LogP contribution is 2.32. The summed E-state index contributed by atoms with van der Waals surface area (Å²) in [7, 11) is 0. The van der Waals surface area contributed by atoms with Crippen molar-refractivity contribution in [2.45, 2.75) is 45.4 Å². The SMILES string of the molecule is Cc1nc(C#N)c2cc(CC3CCCCC3)ccc2c1O. The lowest BCUT2D eigenvalue weighted by atomic mass is 9.84. The summed E-state index contributed by atoms with van der Waals surface area (Å²) < 4.78 is 0. The topological polar surface area (TPSA) is 56.9 Å². The average molecular weight is 280 g/mol. The molecule has 1 N–H and O–H groups in total. The molecule has 1 aliphatic carbocycles. The Balaban J connectivity index is 1.99. The van der Waals surface area contributed by atoms with Crippen molar-refractivity contribution in [2.75, 3.05) is 0 Å². The van der Waals surface area contributed by atoms with Crippen molar-refractivity contribution < 1.29 is 5.11 Å². The molecule has 108 valence electrons. The Labute approximate surface area is 125 Å². The molecule has 1 aliphatic rings. The van der Waals surface area contributed by atoms with Gasteiger partial charge >= 0.3 is 0 Å². The summed E-state index contributed by atoms with van der Waals surface area (Å²) in [6.07, 6.45) is 7.72. The van der Waals surface area contributed by atoms with Gasteiger partial charge in [-0.1, -0.05) is 44.2 Å². The lowest BCUT2D eigenvalue weighted by Crippen LogP contribution is -2.09. The molecule has 3 heteroatoms. The van der Waals surface area contributed by atoms with Crippen LogP contribution in [-0.4, -0.2) is 10.1 Å². The van der Waals surface area contributed by atoms with Crippen LogP contribution in [0.15, 0.2) is 18.2 Å².